The molecule has 0 atom stereocenters. The van der Waals surface area contributed by atoms with E-state index in [1.807, 2.05) is 6.92 Å². The first-order valence-corrected chi connectivity index (χ1v) is 8.04. The van der Waals surface area contributed by atoms with Crippen molar-refractivity contribution in [3.8, 4) is 5.75 Å². The average Bonchev–Trinajstić information content (AvgIpc) is 3.09. The van der Waals surface area contributed by atoms with Gasteiger partial charge in [-0.15, -0.1) is 11.6 Å². The fourth-order valence-corrected chi connectivity index (χ4v) is 2.46. The highest BCUT2D eigenvalue weighted by molar-refractivity contribution is 6.29. The maximum atomic E-state index is 12.5. The number of carbonyl (C=O) groups excluding carboxylic acids is 1. The molecular formula is C16H17ClF3N3O2. The number of hydrogen-bond acceptors (Lipinski definition) is 3. The van der Waals surface area contributed by atoms with Crippen molar-refractivity contribution in [1.29, 1.82) is 0 Å². The molecule has 2 aromatic rings. The molecule has 2 rings (SSSR count). The van der Waals surface area contributed by atoms with Crippen LogP contribution in [0.4, 0.5) is 18.9 Å². The van der Waals surface area contributed by atoms with E-state index in [-0.39, 0.29) is 24.0 Å². The third-order valence-electron chi connectivity index (χ3n) is 3.39. The Morgan fingerprint density at radius 1 is 1.36 bits per heavy atom. The van der Waals surface area contributed by atoms with E-state index in [0.29, 0.717) is 12.0 Å². The van der Waals surface area contributed by atoms with E-state index in [4.69, 9.17) is 16.3 Å². The predicted octanol–water partition coefficient (Wildman–Crippen LogP) is 3.62. The molecule has 0 bridgehead atoms. The van der Waals surface area contributed by atoms with Crippen molar-refractivity contribution in [3.63, 3.8) is 0 Å². The van der Waals surface area contributed by atoms with Crippen LogP contribution in [0.2, 0.25) is 0 Å². The normalized spacial score (nSPS) is 11.4. The summed E-state index contributed by atoms with van der Waals surface area (Å²) in [5.41, 5.74) is 0.945. The Morgan fingerprint density at radius 3 is 2.68 bits per heavy atom. The second kappa shape index (κ2) is 8.24. The van der Waals surface area contributed by atoms with Crippen molar-refractivity contribution in [3.05, 3.63) is 42.2 Å². The zero-order valence-electron chi connectivity index (χ0n) is 13.5. The molecule has 5 nitrogen and oxygen atoms in total. The van der Waals surface area contributed by atoms with Crippen molar-refractivity contribution >= 4 is 23.2 Å². The Balaban J connectivity index is 2.44. The van der Waals surface area contributed by atoms with E-state index in [9.17, 15) is 18.0 Å². The molecule has 0 aliphatic rings. The number of halogens is 4. The van der Waals surface area contributed by atoms with Crippen LogP contribution in [-0.4, -0.2) is 34.4 Å². The van der Waals surface area contributed by atoms with Gasteiger partial charge in [0.1, 0.15) is 18.3 Å². The van der Waals surface area contributed by atoms with Crippen LogP contribution in [0.3, 0.4) is 0 Å². The Bertz CT molecular complexity index is 705. The van der Waals surface area contributed by atoms with Crippen LogP contribution in [0.25, 0.3) is 0 Å². The van der Waals surface area contributed by atoms with Gasteiger partial charge in [-0.2, -0.15) is 18.3 Å². The quantitative estimate of drug-likeness (QED) is 0.694. The Labute approximate surface area is 147 Å². The molecule has 0 fully saturated rings. The molecular weight excluding hydrogens is 359 g/mol. The molecule has 0 N–H and O–H groups in total. The van der Waals surface area contributed by atoms with Gasteiger partial charge < -0.3 is 4.74 Å². The van der Waals surface area contributed by atoms with Crippen LogP contribution >= 0.6 is 11.6 Å². The number of amides is 1. The fourth-order valence-electron chi connectivity index (χ4n) is 2.31. The Morgan fingerprint density at radius 2 is 2.12 bits per heavy atom. The lowest BCUT2D eigenvalue weighted by Crippen LogP contribution is -2.35. The van der Waals surface area contributed by atoms with Crippen LogP contribution in [0.1, 0.15) is 12.5 Å². The number of aryl methyl sites for hydroxylation is 1. The topological polar surface area (TPSA) is 47.4 Å². The van der Waals surface area contributed by atoms with Gasteiger partial charge in [-0.05, 0) is 24.1 Å². The van der Waals surface area contributed by atoms with Gasteiger partial charge in [0.15, 0.2) is 6.61 Å². The number of rotatable bonds is 7. The summed E-state index contributed by atoms with van der Waals surface area (Å²) in [4.78, 5) is 13.6. The number of alkyl halides is 4. The molecule has 25 heavy (non-hydrogen) atoms. The van der Waals surface area contributed by atoms with E-state index < -0.39 is 18.7 Å². The average molecular weight is 376 g/mol. The summed E-state index contributed by atoms with van der Waals surface area (Å²) < 4.78 is 44.1. The minimum atomic E-state index is -4.48. The van der Waals surface area contributed by atoms with E-state index in [1.165, 1.54) is 21.8 Å². The summed E-state index contributed by atoms with van der Waals surface area (Å²) in [6.45, 7) is 0.402. The Kier molecular flexibility index (Phi) is 6.30. The minimum absolute atomic E-state index is 0.0118. The lowest BCUT2D eigenvalue weighted by molar-refractivity contribution is -0.153. The first-order chi connectivity index (χ1) is 11.9. The van der Waals surface area contributed by atoms with Gasteiger partial charge in [-0.3, -0.25) is 14.4 Å². The van der Waals surface area contributed by atoms with E-state index in [1.54, 1.807) is 24.4 Å². The molecule has 0 aliphatic carbocycles. The van der Waals surface area contributed by atoms with Gasteiger partial charge in [0.2, 0.25) is 5.91 Å². The van der Waals surface area contributed by atoms with E-state index >= 15 is 0 Å². The predicted molar refractivity (Wildman–Crippen MR) is 87.8 cm³/mol. The molecule has 0 radical (unpaired) electrons. The summed E-state index contributed by atoms with van der Waals surface area (Å²) >= 11 is 5.69. The molecule has 0 spiro atoms. The minimum Gasteiger partial charge on any atom is -0.482 e. The van der Waals surface area contributed by atoms with Gasteiger partial charge in [-0.1, -0.05) is 19.1 Å². The molecule has 1 aromatic heterocycles. The summed E-state index contributed by atoms with van der Waals surface area (Å²) in [6.07, 6.45) is -0.804. The zero-order chi connectivity index (χ0) is 18.4. The van der Waals surface area contributed by atoms with Crippen LogP contribution in [-0.2, 0) is 17.9 Å². The number of ether oxygens (including phenoxy) is 1. The van der Waals surface area contributed by atoms with E-state index in [2.05, 4.69) is 5.10 Å². The van der Waals surface area contributed by atoms with Crippen molar-refractivity contribution in [2.24, 2.45) is 0 Å². The highest BCUT2D eigenvalue weighted by Crippen LogP contribution is 2.34. The maximum Gasteiger partial charge on any atom is 0.422 e. The third-order valence-corrected chi connectivity index (χ3v) is 3.61. The SMILES string of the molecule is CCc1cccc(OCC(F)(F)F)c1N(Cn1cccn1)C(=O)CCl. The standard InChI is InChI=1S/C16H17ClF3N3O2/c1-2-12-5-3-6-13(25-10-16(18,19)20)15(12)23(14(24)9-17)11-22-8-4-7-21-22/h3-8H,2,9-11H2,1H3. The zero-order valence-corrected chi connectivity index (χ0v) is 14.2. The summed E-state index contributed by atoms with van der Waals surface area (Å²) in [5, 5.41) is 4.03. The van der Waals surface area contributed by atoms with Crippen molar-refractivity contribution in [2.45, 2.75) is 26.2 Å². The van der Waals surface area contributed by atoms with Gasteiger partial charge in [0, 0.05) is 12.4 Å². The molecule has 9 heteroatoms. The maximum absolute atomic E-state index is 12.5. The van der Waals surface area contributed by atoms with E-state index in [0.717, 1.165) is 0 Å². The first kappa shape index (κ1) is 19.1. The van der Waals surface area contributed by atoms with Crippen LogP contribution in [0.5, 0.6) is 5.75 Å². The van der Waals surface area contributed by atoms with Crippen molar-refractivity contribution in [2.75, 3.05) is 17.4 Å². The van der Waals surface area contributed by atoms with Gasteiger partial charge >= 0.3 is 6.18 Å². The lowest BCUT2D eigenvalue weighted by atomic mass is 10.1. The van der Waals surface area contributed by atoms with Gasteiger partial charge in [0.25, 0.3) is 0 Å². The summed E-state index contributed by atoms with van der Waals surface area (Å²) in [7, 11) is 0. The monoisotopic (exact) mass is 375 g/mol. The second-order valence-electron chi connectivity index (χ2n) is 5.16. The fraction of sp³-hybridized carbons (Fsp3) is 0.375. The van der Waals surface area contributed by atoms with Crippen molar-refractivity contribution < 1.29 is 22.7 Å². The number of para-hydroxylation sites is 1. The van der Waals surface area contributed by atoms with Crippen molar-refractivity contribution in [1.82, 2.24) is 9.78 Å². The number of hydrogen-bond donors (Lipinski definition) is 0. The molecule has 1 aromatic carbocycles. The second-order valence-corrected chi connectivity index (χ2v) is 5.43. The highest BCUT2D eigenvalue weighted by atomic mass is 35.5. The largest absolute Gasteiger partial charge is 0.482 e. The molecule has 1 heterocycles. The third kappa shape index (κ3) is 5.12. The summed E-state index contributed by atoms with van der Waals surface area (Å²) in [5.74, 6) is -0.810. The lowest BCUT2D eigenvalue weighted by Gasteiger charge is -2.27. The molecule has 0 saturated carbocycles. The molecule has 136 valence electrons. The Hall–Kier alpha value is -2.22. The van der Waals surface area contributed by atoms with Gasteiger partial charge in [-0.25, -0.2) is 0 Å². The number of anilines is 1. The molecule has 0 saturated heterocycles. The molecule has 0 unspecified atom stereocenters. The van der Waals surface area contributed by atoms with Crippen LogP contribution < -0.4 is 9.64 Å². The highest BCUT2D eigenvalue weighted by Gasteiger charge is 2.30. The summed E-state index contributed by atoms with van der Waals surface area (Å²) in [6, 6.07) is 6.40. The van der Waals surface area contributed by atoms with Gasteiger partial charge in [0.05, 0.1) is 5.69 Å². The number of nitrogens with zero attached hydrogens (tertiary/aromatic N) is 3. The molecule has 1 amide bonds. The number of carbonyl (C=O) groups is 1. The first-order valence-electron chi connectivity index (χ1n) is 7.51. The number of aromatic nitrogens is 2. The molecule has 0 aliphatic heterocycles. The number of benzene rings is 1. The smallest absolute Gasteiger partial charge is 0.422 e. The van der Waals surface area contributed by atoms with Crippen LogP contribution in [0, 0.1) is 0 Å². The van der Waals surface area contributed by atoms with Crippen LogP contribution in [0.15, 0.2) is 36.7 Å².